The van der Waals surface area contributed by atoms with E-state index in [1.54, 1.807) is 6.07 Å². The van der Waals surface area contributed by atoms with Crippen LogP contribution in [0.5, 0.6) is 0 Å². The summed E-state index contributed by atoms with van der Waals surface area (Å²) < 4.78 is 0. The molecule has 0 unspecified atom stereocenters. The standard InChI is InChI=1S/C11H8N4O4/c1-2-3-14(7-10(16)17)11-9(15(18)19)4-8(5-12)6-13-11/h1,4,6H,3,7H2,(H,16,17). The Bertz CT molecular complexity index is 600. The van der Waals surface area contributed by atoms with Crippen molar-refractivity contribution in [2.45, 2.75) is 0 Å². The van der Waals surface area contributed by atoms with Gasteiger partial charge in [-0.05, 0) is 0 Å². The topological polar surface area (TPSA) is 120 Å². The van der Waals surface area contributed by atoms with Gasteiger partial charge in [-0.25, -0.2) is 4.98 Å². The number of nitriles is 1. The molecule has 0 radical (unpaired) electrons. The van der Waals surface area contributed by atoms with E-state index in [-0.39, 0.29) is 17.9 Å². The maximum absolute atomic E-state index is 10.9. The van der Waals surface area contributed by atoms with Crippen LogP contribution in [0.4, 0.5) is 11.5 Å². The monoisotopic (exact) mass is 260 g/mol. The average molecular weight is 260 g/mol. The lowest BCUT2D eigenvalue weighted by Crippen LogP contribution is -2.31. The second-order valence-electron chi connectivity index (χ2n) is 3.39. The maximum atomic E-state index is 10.9. The van der Waals surface area contributed by atoms with Gasteiger partial charge < -0.3 is 10.0 Å². The molecule has 0 fully saturated rings. The van der Waals surface area contributed by atoms with Gasteiger partial charge in [0.1, 0.15) is 12.6 Å². The predicted octanol–water partition coefficient (Wildman–Crippen LogP) is 0.386. The molecular formula is C11H8N4O4. The normalized spacial score (nSPS) is 9.16. The van der Waals surface area contributed by atoms with E-state index < -0.39 is 23.1 Å². The zero-order chi connectivity index (χ0) is 14.4. The van der Waals surface area contributed by atoms with E-state index in [0.29, 0.717) is 0 Å². The summed E-state index contributed by atoms with van der Waals surface area (Å²) in [6.45, 7) is -0.671. The van der Waals surface area contributed by atoms with Gasteiger partial charge in [0.2, 0.25) is 5.82 Å². The van der Waals surface area contributed by atoms with Gasteiger partial charge in [-0.1, -0.05) is 5.92 Å². The van der Waals surface area contributed by atoms with Gasteiger partial charge in [0.25, 0.3) is 0 Å². The molecule has 0 bridgehead atoms. The van der Waals surface area contributed by atoms with Crippen LogP contribution in [-0.2, 0) is 4.79 Å². The number of carboxylic acids is 1. The van der Waals surface area contributed by atoms with Crippen LogP contribution in [0.15, 0.2) is 12.3 Å². The zero-order valence-corrected chi connectivity index (χ0v) is 9.61. The number of aliphatic carboxylic acids is 1. The van der Waals surface area contributed by atoms with Gasteiger partial charge in [-0.3, -0.25) is 14.9 Å². The third kappa shape index (κ3) is 3.41. The minimum atomic E-state index is -1.20. The Kier molecular flexibility index (Phi) is 4.39. The zero-order valence-electron chi connectivity index (χ0n) is 9.61. The van der Waals surface area contributed by atoms with Crippen LogP contribution >= 0.6 is 0 Å². The number of aromatic nitrogens is 1. The van der Waals surface area contributed by atoms with Crippen molar-refractivity contribution in [2.24, 2.45) is 0 Å². The molecule has 0 aliphatic heterocycles. The highest BCUT2D eigenvalue weighted by Gasteiger charge is 2.23. The Labute approximate surface area is 108 Å². The molecule has 0 aliphatic carbocycles. The SMILES string of the molecule is C#CCN(CC(=O)O)c1ncc(C#N)cc1[N+](=O)[O-]. The summed E-state index contributed by atoms with van der Waals surface area (Å²) >= 11 is 0. The molecule has 8 nitrogen and oxygen atoms in total. The van der Waals surface area contributed by atoms with Crippen LogP contribution in [-0.4, -0.2) is 34.1 Å². The lowest BCUT2D eigenvalue weighted by atomic mass is 10.2. The van der Waals surface area contributed by atoms with Crippen molar-refractivity contribution in [3.8, 4) is 18.4 Å². The molecule has 0 saturated heterocycles. The first-order valence-corrected chi connectivity index (χ1v) is 4.94. The first-order valence-electron chi connectivity index (χ1n) is 4.94. The number of pyridine rings is 1. The summed E-state index contributed by atoms with van der Waals surface area (Å²) in [5.41, 5.74) is -0.456. The first-order chi connectivity index (χ1) is 8.99. The smallest absolute Gasteiger partial charge is 0.323 e. The number of hydrogen-bond acceptors (Lipinski definition) is 6. The first kappa shape index (κ1) is 13.9. The molecule has 0 aliphatic rings. The van der Waals surface area contributed by atoms with Crippen molar-refractivity contribution in [1.29, 1.82) is 5.26 Å². The van der Waals surface area contributed by atoms with E-state index in [4.69, 9.17) is 16.8 Å². The van der Waals surface area contributed by atoms with Crippen LogP contribution in [0.3, 0.4) is 0 Å². The van der Waals surface area contributed by atoms with E-state index in [2.05, 4.69) is 10.9 Å². The molecule has 1 aromatic heterocycles. The van der Waals surface area contributed by atoms with Gasteiger partial charge in [0, 0.05) is 12.3 Å². The van der Waals surface area contributed by atoms with E-state index in [1.165, 1.54) is 0 Å². The molecule has 1 aromatic rings. The molecule has 8 heteroatoms. The molecule has 0 saturated carbocycles. The molecular weight excluding hydrogens is 252 g/mol. The minimum Gasteiger partial charge on any atom is -0.480 e. The lowest BCUT2D eigenvalue weighted by molar-refractivity contribution is -0.384. The summed E-state index contributed by atoms with van der Waals surface area (Å²) in [6.07, 6.45) is 6.21. The maximum Gasteiger partial charge on any atom is 0.323 e. The van der Waals surface area contributed by atoms with Crippen LogP contribution in [0.1, 0.15) is 5.56 Å². The van der Waals surface area contributed by atoms with Crippen LogP contribution in [0.2, 0.25) is 0 Å². The predicted molar refractivity (Wildman–Crippen MR) is 64.3 cm³/mol. The molecule has 0 spiro atoms. The van der Waals surface area contributed by atoms with Crippen molar-refractivity contribution >= 4 is 17.5 Å². The van der Waals surface area contributed by atoms with E-state index in [9.17, 15) is 14.9 Å². The Balaban J connectivity index is 3.30. The molecule has 1 rings (SSSR count). The summed E-state index contributed by atoms with van der Waals surface area (Å²) in [4.78, 5) is 25.7. The fourth-order valence-electron chi connectivity index (χ4n) is 1.36. The second kappa shape index (κ2) is 5.98. The summed E-state index contributed by atoms with van der Waals surface area (Å²) in [7, 11) is 0. The Morgan fingerprint density at radius 3 is 2.84 bits per heavy atom. The molecule has 0 atom stereocenters. The fraction of sp³-hybridized carbons (Fsp3) is 0.182. The number of carboxylic acid groups (broad SMARTS) is 1. The number of hydrogen-bond donors (Lipinski definition) is 1. The largest absolute Gasteiger partial charge is 0.480 e. The van der Waals surface area contributed by atoms with Gasteiger partial charge >= 0.3 is 11.7 Å². The van der Waals surface area contributed by atoms with E-state index in [0.717, 1.165) is 17.2 Å². The number of anilines is 1. The van der Waals surface area contributed by atoms with Gasteiger partial charge in [0.15, 0.2) is 0 Å². The molecule has 19 heavy (non-hydrogen) atoms. The van der Waals surface area contributed by atoms with Crippen LogP contribution in [0.25, 0.3) is 0 Å². The highest BCUT2D eigenvalue weighted by molar-refractivity contribution is 5.75. The highest BCUT2D eigenvalue weighted by atomic mass is 16.6. The summed E-state index contributed by atoms with van der Waals surface area (Å²) in [5.74, 6) is 0.826. The number of nitro groups is 1. The van der Waals surface area contributed by atoms with Crippen molar-refractivity contribution in [1.82, 2.24) is 4.98 Å². The summed E-state index contributed by atoms with van der Waals surface area (Å²) in [6, 6.07) is 2.74. The van der Waals surface area contributed by atoms with E-state index in [1.807, 2.05) is 0 Å². The third-order valence-electron chi connectivity index (χ3n) is 2.08. The van der Waals surface area contributed by atoms with Gasteiger partial charge in [-0.2, -0.15) is 5.26 Å². The molecule has 1 N–H and O–H groups in total. The van der Waals surface area contributed by atoms with Crippen LogP contribution in [0, 0.1) is 33.8 Å². The quantitative estimate of drug-likeness (QED) is 0.461. The highest BCUT2D eigenvalue weighted by Crippen LogP contribution is 2.26. The molecule has 0 amide bonds. The number of nitrogens with zero attached hydrogens (tertiary/aromatic N) is 4. The van der Waals surface area contributed by atoms with Gasteiger partial charge in [0.05, 0.1) is 17.0 Å². The van der Waals surface area contributed by atoms with Crippen molar-refractivity contribution in [2.75, 3.05) is 18.0 Å². The minimum absolute atomic E-state index is 0.00596. The Morgan fingerprint density at radius 2 is 2.37 bits per heavy atom. The second-order valence-corrected chi connectivity index (χ2v) is 3.39. The lowest BCUT2D eigenvalue weighted by Gasteiger charge is -2.18. The molecule has 1 heterocycles. The fourth-order valence-corrected chi connectivity index (χ4v) is 1.36. The van der Waals surface area contributed by atoms with E-state index >= 15 is 0 Å². The van der Waals surface area contributed by atoms with Crippen molar-refractivity contribution in [3.63, 3.8) is 0 Å². The average Bonchev–Trinajstić information content (AvgIpc) is 2.37. The molecule has 96 valence electrons. The van der Waals surface area contributed by atoms with Crippen molar-refractivity contribution in [3.05, 3.63) is 27.9 Å². The van der Waals surface area contributed by atoms with Crippen LogP contribution < -0.4 is 4.90 Å². The Morgan fingerprint density at radius 1 is 1.68 bits per heavy atom. The number of terminal acetylenes is 1. The number of rotatable bonds is 5. The number of carbonyl (C=O) groups is 1. The van der Waals surface area contributed by atoms with Gasteiger partial charge in [-0.15, -0.1) is 6.42 Å². The van der Waals surface area contributed by atoms with Crippen molar-refractivity contribution < 1.29 is 14.8 Å². The molecule has 0 aromatic carbocycles. The Hall–Kier alpha value is -3.13. The third-order valence-corrected chi connectivity index (χ3v) is 2.08. The summed E-state index contributed by atoms with van der Waals surface area (Å²) in [5, 5.41) is 28.3.